The molecule has 0 bridgehead atoms. The first-order valence-electron chi connectivity index (χ1n) is 8.31. The molecular weight excluding hydrogens is 240 g/mol. The monoisotopic (exact) mass is 268 g/mol. The summed E-state index contributed by atoms with van der Waals surface area (Å²) in [5.41, 5.74) is 1.41. The number of benzene rings is 2. The second kappa shape index (κ2) is 8.09. The SMILES string of the molecule is CCC1CCCCC1.CCc1ccc2ccccc2c1. The molecular formula is C20H28. The maximum Gasteiger partial charge on any atom is -0.0181 e. The summed E-state index contributed by atoms with van der Waals surface area (Å²) in [6.45, 7) is 4.50. The fourth-order valence-corrected chi connectivity index (χ4v) is 3.05. The quantitative estimate of drug-likeness (QED) is 0.593. The van der Waals surface area contributed by atoms with E-state index in [1.807, 2.05) is 0 Å². The molecule has 108 valence electrons. The van der Waals surface area contributed by atoms with E-state index in [1.165, 1.54) is 54.9 Å². The summed E-state index contributed by atoms with van der Waals surface area (Å²) >= 11 is 0. The van der Waals surface area contributed by atoms with E-state index in [0.717, 1.165) is 12.3 Å². The molecule has 0 atom stereocenters. The molecule has 0 N–H and O–H groups in total. The average molecular weight is 268 g/mol. The molecule has 20 heavy (non-hydrogen) atoms. The zero-order valence-electron chi connectivity index (χ0n) is 13.1. The minimum absolute atomic E-state index is 1.09. The Labute approximate surface area is 124 Å². The fraction of sp³-hybridized carbons (Fsp3) is 0.500. The number of rotatable bonds is 2. The summed E-state index contributed by atoms with van der Waals surface area (Å²) in [5.74, 6) is 1.09. The van der Waals surface area contributed by atoms with Crippen LogP contribution >= 0.6 is 0 Å². The van der Waals surface area contributed by atoms with Gasteiger partial charge < -0.3 is 0 Å². The van der Waals surface area contributed by atoms with E-state index in [9.17, 15) is 0 Å². The summed E-state index contributed by atoms with van der Waals surface area (Å²) in [5, 5.41) is 2.67. The van der Waals surface area contributed by atoms with Gasteiger partial charge in [-0.25, -0.2) is 0 Å². The van der Waals surface area contributed by atoms with Gasteiger partial charge in [-0.3, -0.25) is 0 Å². The first-order valence-corrected chi connectivity index (χ1v) is 8.31. The highest BCUT2D eigenvalue weighted by Crippen LogP contribution is 2.25. The standard InChI is InChI=1S/C12H12.C8H16/c1-2-10-7-8-11-5-3-4-6-12(11)9-10;1-2-8-6-4-3-5-7-8/h3-9H,2H2,1H3;8H,2-7H2,1H3. The van der Waals surface area contributed by atoms with Crippen LogP contribution in [0.2, 0.25) is 0 Å². The molecule has 1 fully saturated rings. The van der Waals surface area contributed by atoms with Gasteiger partial charge in [-0.1, -0.05) is 94.8 Å². The fourth-order valence-electron chi connectivity index (χ4n) is 3.05. The van der Waals surface area contributed by atoms with Crippen LogP contribution in [0.3, 0.4) is 0 Å². The van der Waals surface area contributed by atoms with Crippen molar-refractivity contribution in [1.29, 1.82) is 0 Å². The molecule has 0 unspecified atom stereocenters. The molecule has 0 radical (unpaired) electrons. The van der Waals surface area contributed by atoms with Crippen LogP contribution in [-0.2, 0) is 6.42 Å². The van der Waals surface area contributed by atoms with Crippen molar-refractivity contribution in [2.45, 2.75) is 58.8 Å². The van der Waals surface area contributed by atoms with Gasteiger partial charge in [0, 0.05) is 0 Å². The Hall–Kier alpha value is -1.30. The topological polar surface area (TPSA) is 0 Å². The van der Waals surface area contributed by atoms with Crippen molar-refractivity contribution in [1.82, 2.24) is 0 Å². The Bertz CT molecular complexity index is 506. The van der Waals surface area contributed by atoms with Crippen LogP contribution in [0.25, 0.3) is 10.8 Å². The lowest BCUT2D eigenvalue weighted by molar-refractivity contribution is 0.349. The lowest BCUT2D eigenvalue weighted by Crippen LogP contribution is -2.03. The predicted octanol–water partition coefficient (Wildman–Crippen LogP) is 6.38. The molecule has 1 aliphatic carbocycles. The van der Waals surface area contributed by atoms with Crippen molar-refractivity contribution in [3.63, 3.8) is 0 Å². The molecule has 0 aromatic heterocycles. The molecule has 0 spiro atoms. The lowest BCUT2D eigenvalue weighted by atomic mass is 9.88. The van der Waals surface area contributed by atoms with E-state index in [4.69, 9.17) is 0 Å². The summed E-state index contributed by atoms with van der Waals surface area (Å²) < 4.78 is 0. The minimum Gasteiger partial charge on any atom is -0.0651 e. The third-order valence-corrected chi connectivity index (χ3v) is 4.52. The van der Waals surface area contributed by atoms with Crippen molar-refractivity contribution in [3.05, 3.63) is 48.0 Å². The summed E-state index contributed by atoms with van der Waals surface area (Å²) in [6.07, 6.45) is 10.0. The molecule has 1 saturated carbocycles. The zero-order chi connectivity index (χ0) is 14.2. The summed E-state index contributed by atoms with van der Waals surface area (Å²) in [7, 11) is 0. The lowest BCUT2D eigenvalue weighted by Gasteiger charge is -2.18. The smallest absolute Gasteiger partial charge is 0.0181 e. The highest BCUT2D eigenvalue weighted by Gasteiger charge is 2.09. The van der Waals surface area contributed by atoms with Crippen LogP contribution in [0, 0.1) is 5.92 Å². The second-order valence-electron chi connectivity index (χ2n) is 5.95. The largest absolute Gasteiger partial charge is 0.0651 e. The zero-order valence-corrected chi connectivity index (χ0v) is 13.1. The number of hydrogen-bond acceptors (Lipinski definition) is 0. The third kappa shape index (κ3) is 4.37. The van der Waals surface area contributed by atoms with Gasteiger partial charge in [0.1, 0.15) is 0 Å². The van der Waals surface area contributed by atoms with Crippen molar-refractivity contribution in [2.75, 3.05) is 0 Å². The van der Waals surface area contributed by atoms with E-state index in [1.54, 1.807) is 0 Å². The van der Waals surface area contributed by atoms with Crippen LogP contribution in [0.4, 0.5) is 0 Å². The maximum atomic E-state index is 2.32. The number of fused-ring (bicyclic) bond motifs is 1. The number of hydrogen-bond donors (Lipinski definition) is 0. The van der Waals surface area contributed by atoms with Gasteiger partial charge in [-0.05, 0) is 28.7 Å². The molecule has 0 heterocycles. The van der Waals surface area contributed by atoms with Gasteiger partial charge in [0.25, 0.3) is 0 Å². The molecule has 2 aromatic carbocycles. The molecule has 0 aliphatic heterocycles. The molecule has 0 nitrogen and oxygen atoms in total. The maximum absolute atomic E-state index is 2.32. The van der Waals surface area contributed by atoms with Crippen LogP contribution in [0.1, 0.15) is 57.9 Å². The van der Waals surface area contributed by atoms with Gasteiger partial charge >= 0.3 is 0 Å². The Kier molecular flexibility index (Phi) is 6.11. The van der Waals surface area contributed by atoms with Crippen molar-refractivity contribution >= 4 is 10.8 Å². The predicted molar refractivity (Wildman–Crippen MR) is 90.2 cm³/mol. The second-order valence-corrected chi connectivity index (χ2v) is 5.95. The Balaban J connectivity index is 0.000000160. The van der Waals surface area contributed by atoms with Gasteiger partial charge in [0.05, 0.1) is 0 Å². The van der Waals surface area contributed by atoms with Crippen molar-refractivity contribution in [3.8, 4) is 0 Å². The van der Waals surface area contributed by atoms with Gasteiger partial charge in [0.15, 0.2) is 0 Å². The Morgan fingerprint density at radius 1 is 0.850 bits per heavy atom. The summed E-state index contributed by atoms with van der Waals surface area (Å²) in [6, 6.07) is 15.1. The van der Waals surface area contributed by atoms with E-state index in [-0.39, 0.29) is 0 Å². The van der Waals surface area contributed by atoms with Gasteiger partial charge in [-0.15, -0.1) is 0 Å². The highest BCUT2D eigenvalue weighted by atomic mass is 14.2. The van der Waals surface area contributed by atoms with Crippen LogP contribution in [-0.4, -0.2) is 0 Å². The molecule has 1 aliphatic rings. The van der Waals surface area contributed by atoms with E-state index in [2.05, 4.69) is 56.3 Å². The van der Waals surface area contributed by atoms with Crippen molar-refractivity contribution in [2.24, 2.45) is 5.92 Å². The Morgan fingerprint density at radius 3 is 2.15 bits per heavy atom. The van der Waals surface area contributed by atoms with Crippen molar-refractivity contribution < 1.29 is 0 Å². The molecule has 0 heteroatoms. The first kappa shape index (κ1) is 15.1. The van der Waals surface area contributed by atoms with E-state index < -0.39 is 0 Å². The van der Waals surface area contributed by atoms with Crippen LogP contribution in [0.5, 0.6) is 0 Å². The summed E-state index contributed by atoms with van der Waals surface area (Å²) in [4.78, 5) is 0. The average Bonchev–Trinajstić information content (AvgIpc) is 2.55. The van der Waals surface area contributed by atoms with E-state index in [0.29, 0.717) is 0 Å². The van der Waals surface area contributed by atoms with E-state index >= 15 is 0 Å². The molecule has 0 saturated heterocycles. The Morgan fingerprint density at radius 2 is 1.55 bits per heavy atom. The number of aryl methyl sites for hydroxylation is 1. The minimum atomic E-state index is 1.09. The van der Waals surface area contributed by atoms with Gasteiger partial charge in [-0.2, -0.15) is 0 Å². The highest BCUT2D eigenvalue weighted by molar-refractivity contribution is 5.82. The first-order chi connectivity index (χ1) is 9.83. The van der Waals surface area contributed by atoms with Gasteiger partial charge in [0.2, 0.25) is 0 Å². The van der Waals surface area contributed by atoms with Crippen LogP contribution in [0.15, 0.2) is 42.5 Å². The molecule has 3 rings (SSSR count). The van der Waals surface area contributed by atoms with Crippen LogP contribution < -0.4 is 0 Å². The third-order valence-electron chi connectivity index (χ3n) is 4.52. The normalized spacial score (nSPS) is 15.7. The molecule has 0 amide bonds. The molecule has 2 aromatic rings.